The van der Waals surface area contributed by atoms with Crippen LogP contribution in [0.1, 0.15) is 44.7 Å². The molecule has 1 N–H and O–H groups in total. The van der Waals surface area contributed by atoms with E-state index in [-0.39, 0.29) is 0 Å². The zero-order chi connectivity index (χ0) is 12.2. The minimum absolute atomic E-state index is 0.473. The number of hydrogen-bond donors (Lipinski definition) is 1. The molecule has 1 aromatic rings. The average molecular weight is 217 g/mol. The third-order valence-corrected chi connectivity index (χ3v) is 3.06. The molecule has 2 atom stereocenters. The SMILES string of the molecule is CCC(C)CC(C)(O)c1cccc(C#N)c1. The van der Waals surface area contributed by atoms with Crippen molar-refractivity contribution < 1.29 is 5.11 Å². The van der Waals surface area contributed by atoms with Gasteiger partial charge in [-0.3, -0.25) is 0 Å². The van der Waals surface area contributed by atoms with Crippen LogP contribution in [0.2, 0.25) is 0 Å². The molecule has 86 valence electrons. The molecule has 1 rings (SSSR count). The maximum Gasteiger partial charge on any atom is 0.0991 e. The van der Waals surface area contributed by atoms with Crippen LogP contribution in [0, 0.1) is 17.2 Å². The van der Waals surface area contributed by atoms with E-state index in [0.717, 1.165) is 18.4 Å². The summed E-state index contributed by atoms with van der Waals surface area (Å²) in [5.74, 6) is 0.473. The molecule has 0 fully saturated rings. The van der Waals surface area contributed by atoms with Crippen LogP contribution in [0.25, 0.3) is 0 Å². The second-order valence-electron chi connectivity index (χ2n) is 4.68. The van der Waals surface area contributed by atoms with Crippen molar-refractivity contribution >= 4 is 0 Å². The van der Waals surface area contributed by atoms with Gasteiger partial charge in [-0.1, -0.05) is 32.4 Å². The average Bonchev–Trinajstić information content (AvgIpc) is 2.28. The predicted molar refractivity (Wildman–Crippen MR) is 64.8 cm³/mol. The maximum absolute atomic E-state index is 10.4. The lowest BCUT2D eigenvalue weighted by atomic mass is 9.85. The first-order valence-electron chi connectivity index (χ1n) is 5.72. The lowest BCUT2D eigenvalue weighted by Gasteiger charge is -2.27. The van der Waals surface area contributed by atoms with Crippen molar-refractivity contribution in [3.8, 4) is 6.07 Å². The second kappa shape index (κ2) is 5.14. The van der Waals surface area contributed by atoms with Gasteiger partial charge in [-0.2, -0.15) is 5.26 Å². The van der Waals surface area contributed by atoms with Crippen LogP contribution in [0.5, 0.6) is 0 Å². The van der Waals surface area contributed by atoms with Crippen molar-refractivity contribution in [2.24, 2.45) is 5.92 Å². The summed E-state index contributed by atoms with van der Waals surface area (Å²) in [5, 5.41) is 19.2. The Balaban J connectivity index is 2.93. The fraction of sp³-hybridized carbons (Fsp3) is 0.500. The van der Waals surface area contributed by atoms with Gasteiger partial charge in [0.15, 0.2) is 0 Å². The number of aliphatic hydroxyl groups is 1. The van der Waals surface area contributed by atoms with Crippen LogP contribution < -0.4 is 0 Å². The Bertz CT molecular complexity index is 390. The number of benzene rings is 1. The Kier molecular flexibility index (Phi) is 4.09. The fourth-order valence-corrected chi connectivity index (χ4v) is 1.86. The van der Waals surface area contributed by atoms with Gasteiger partial charge in [0.1, 0.15) is 0 Å². The van der Waals surface area contributed by atoms with Crippen LogP contribution >= 0.6 is 0 Å². The molecule has 1 aromatic carbocycles. The molecule has 0 saturated carbocycles. The Morgan fingerprint density at radius 3 is 2.75 bits per heavy atom. The summed E-state index contributed by atoms with van der Waals surface area (Å²) >= 11 is 0. The molecule has 0 aliphatic rings. The molecule has 0 aliphatic heterocycles. The van der Waals surface area contributed by atoms with Crippen LogP contribution in [-0.2, 0) is 5.60 Å². The molecule has 0 saturated heterocycles. The third-order valence-electron chi connectivity index (χ3n) is 3.06. The summed E-state index contributed by atoms with van der Waals surface area (Å²) in [5.41, 5.74) is 0.580. The second-order valence-corrected chi connectivity index (χ2v) is 4.68. The molecule has 2 nitrogen and oxygen atoms in total. The number of nitriles is 1. The molecule has 0 aromatic heterocycles. The van der Waals surface area contributed by atoms with E-state index in [1.54, 1.807) is 12.1 Å². The molecule has 0 amide bonds. The minimum Gasteiger partial charge on any atom is -0.385 e. The van der Waals surface area contributed by atoms with E-state index in [1.165, 1.54) is 0 Å². The molecule has 2 heteroatoms. The van der Waals surface area contributed by atoms with Crippen LogP contribution in [0.4, 0.5) is 0 Å². The summed E-state index contributed by atoms with van der Waals surface area (Å²) in [6.07, 6.45) is 1.77. The summed E-state index contributed by atoms with van der Waals surface area (Å²) in [7, 11) is 0. The van der Waals surface area contributed by atoms with Gasteiger partial charge in [-0.25, -0.2) is 0 Å². The van der Waals surface area contributed by atoms with E-state index in [1.807, 2.05) is 19.1 Å². The molecule has 2 unspecified atom stereocenters. The molecule has 0 aliphatic carbocycles. The van der Waals surface area contributed by atoms with E-state index in [9.17, 15) is 5.11 Å². The van der Waals surface area contributed by atoms with Crippen molar-refractivity contribution in [3.05, 3.63) is 35.4 Å². The summed E-state index contributed by atoms with van der Waals surface area (Å²) < 4.78 is 0. The quantitative estimate of drug-likeness (QED) is 0.841. The van der Waals surface area contributed by atoms with Gasteiger partial charge in [0.25, 0.3) is 0 Å². The van der Waals surface area contributed by atoms with Gasteiger partial charge in [0, 0.05) is 0 Å². The normalized spacial score (nSPS) is 16.2. The zero-order valence-electron chi connectivity index (χ0n) is 10.2. The Hall–Kier alpha value is -1.33. The van der Waals surface area contributed by atoms with Crippen LogP contribution in [0.3, 0.4) is 0 Å². The Morgan fingerprint density at radius 2 is 2.19 bits per heavy atom. The first-order chi connectivity index (χ1) is 7.49. The fourth-order valence-electron chi connectivity index (χ4n) is 1.86. The van der Waals surface area contributed by atoms with Crippen molar-refractivity contribution in [2.45, 2.75) is 39.2 Å². The van der Waals surface area contributed by atoms with Gasteiger partial charge in [0.2, 0.25) is 0 Å². The predicted octanol–water partition coefficient (Wildman–Crippen LogP) is 3.20. The van der Waals surface area contributed by atoms with E-state index >= 15 is 0 Å². The highest BCUT2D eigenvalue weighted by atomic mass is 16.3. The highest BCUT2D eigenvalue weighted by molar-refractivity contribution is 5.35. The zero-order valence-corrected chi connectivity index (χ0v) is 10.2. The Morgan fingerprint density at radius 1 is 1.50 bits per heavy atom. The van der Waals surface area contributed by atoms with E-state index in [0.29, 0.717) is 11.5 Å². The maximum atomic E-state index is 10.4. The molecule has 0 bridgehead atoms. The van der Waals surface area contributed by atoms with Gasteiger partial charge in [0.05, 0.1) is 17.2 Å². The molecular weight excluding hydrogens is 198 g/mol. The smallest absolute Gasteiger partial charge is 0.0991 e. The monoisotopic (exact) mass is 217 g/mol. The van der Waals surface area contributed by atoms with Gasteiger partial charge < -0.3 is 5.11 Å². The lowest BCUT2D eigenvalue weighted by molar-refractivity contribution is 0.0319. The first kappa shape index (κ1) is 12.7. The molecule has 0 radical (unpaired) electrons. The summed E-state index contributed by atoms with van der Waals surface area (Å²) in [4.78, 5) is 0. The lowest BCUT2D eigenvalue weighted by Crippen LogP contribution is -2.24. The third kappa shape index (κ3) is 3.08. The van der Waals surface area contributed by atoms with Crippen molar-refractivity contribution in [1.82, 2.24) is 0 Å². The summed E-state index contributed by atoms with van der Waals surface area (Å²) in [6, 6.07) is 9.31. The van der Waals surface area contributed by atoms with Crippen molar-refractivity contribution in [2.75, 3.05) is 0 Å². The van der Waals surface area contributed by atoms with Crippen molar-refractivity contribution in [1.29, 1.82) is 5.26 Å². The standard InChI is InChI=1S/C14H19NO/c1-4-11(2)9-14(3,16)13-7-5-6-12(8-13)10-15/h5-8,11,16H,4,9H2,1-3H3. The minimum atomic E-state index is -0.845. The highest BCUT2D eigenvalue weighted by Gasteiger charge is 2.25. The number of rotatable bonds is 4. The summed E-state index contributed by atoms with van der Waals surface area (Å²) in [6.45, 7) is 6.06. The largest absolute Gasteiger partial charge is 0.385 e. The van der Waals surface area contributed by atoms with Crippen molar-refractivity contribution in [3.63, 3.8) is 0 Å². The molecular formula is C14H19NO. The van der Waals surface area contributed by atoms with Crippen LogP contribution in [0.15, 0.2) is 24.3 Å². The number of nitrogens with zero attached hydrogens (tertiary/aromatic N) is 1. The molecule has 0 heterocycles. The van der Waals surface area contributed by atoms with Crippen LogP contribution in [-0.4, -0.2) is 5.11 Å². The van der Waals surface area contributed by atoms with E-state index in [2.05, 4.69) is 19.9 Å². The van der Waals surface area contributed by atoms with Gasteiger partial charge in [-0.05, 0) is 37.0 Å². The topological polar surface area (TPSA) is 44.0 Å². The number of hydrogen-bond acceptors (Lipinski definition) is 2. The van der Waals surface area contributed by atoms with E-state index < -0.39 is 5.60 Å². The molecule has 16 heavy (non-hydrogen) atoms. The Labute approximate surface area is 97.5 Å². The van der Waals surface area contributed by atoms with Gasteiger partial charge in [-0.15, -0.1) is 0 Å². The highest BCUT2D eigenvalue weighted by Crippen LogP contribution is 2.29. The first-order valence-corrected chi connectivity index (χ1v) is 5.72. The molecule has 0 spiro atoms. The van der Waals surface area contributed by atoms with E-state index in [4.69, 9.17) is 5.26 Å². The van der Waals surface area contributed by atoms with Gasteiger partial charge >= 0.3 is 0 Å².